The lowest BCUT2D eigenvalue weighted by Crippen LogP contribution is -2.57. The number of nitrogens with one attached hydrogen (secondary N) is 4. The van der Waals surface area contributed by atoms with Crippen molar-refractivity contribution in [3.63, 3.8) is 0 Å². The number of aliphatic hydroxyl groups is 1. The lowest BCUT2D eigenvalue weighted by atomic mass is 9.85. The van der Waals surface area contributed by atoms with Crippen molar-refractivity contribution in [3.8, 4) is 10.4 Å². The van der Waals surface area contributed by atoms with Gasteiger partial charge in [0.1, 0.15) is 12.1 Å². The molecule has 2 aromatic carbocycles. The second kappa shape index (κ2) is 20.2. The number of unbranched alkanes of at least 4 members (excludes halogenated alkanes) is 1. The highest BCUT2D eigenvalue weighted by molar-refractivity contribution is 7.13. The lowest BCUT2D eigenvalue weighted by Gasteiger charge is -2.36. The standard InChI is InChI=1S/C43H60N8O6S/c1-7-20-45-48-40(55)32-16-18-33(19-17-32)49-21-23-50(24-22-49)37(54)11-9-8-10-36(53)47-39(43(4,5)6)42(57)51-26-34(52)25-35(51)41(56)46-28(2)30-12-14-31(15-13-30)38-29(3)44-27-58-38/h12-19,27-28,34-35,39,45,52H,7-11,20-26H2,1-6H3,(H,46,56)(H,47,53)(H,48,55)/t28-,34+,35-,39+/m0/s1. The van der Waals surface area contributed by atoms with Gasteiger partial charge in [-0.2, -0.15) is 0 Å². The number of carbonyl (C=O) groups is 5. The molecule has 2 fully saturated rings. The van der Waals surface area contributed by atoms with Gasteiger partial charge in [0, 0.05) is 69.8 Å². The summed E-state index contributed by atoms with van der Waals surface area (Å²) in [5.74, 6) is -1.21. The molecule has 4 atom stereocenters. The highest BCUT2D eigenvalue weighted by Crippen LogP contribution is 2.30. The number of hydrogen-bond acceptors (Lipinski definition) is 10. The molecule has 0 saturated carbocycles. The van der Waals surface area contributed by atoms with Crippen LogP contribution in [-0.2, 0) is 19.2 Å². The Morgan fingerprint density at radius 2 is 1.60 bits per heavy atom. The average Bonchev–Trinajstić information content (AvgIpc) is 3.83. The molecule has 0 spiro atoms. The van der Waals surface area contributed by atoms with E-state index in [0.29, 0.717) is 57.5 Å². The zero-order valence-electron chi connectivity index (χ0n) is 34.7. The molecule has 314 valence electrons. The van der Waals surface area contributed by atoms with Gasteiger partial charge in [0.05, 0.1) is 28.2 Å². The fourth-order valence-corrected chi connectivity index (χ4v) is 8.16. The SMILES string of the molecule is CCCNNC(=O)c1ccc(N2CCN(C(=O)CCCCC(=O)N[C@H](C(=O)N3C[C@H](O)C[C@H]3C(=O)N[C@@H](C)c3ccc(-c4scnc4C)cc3)C(C)(C)C)CC2)cc1. The number of likely N-dealkylation sites (tertiary alicyclic amines) is 1. The van der Waals surface area contributed by atoms with Crippen LogP contribution in [0.15, 0.2) is 54.0 Å². The second-order valence-electron chi connectivity index (χ2n) is 16.4. The van der Waals surface area contributed by atoms with Gasteiger partial charge in [0.2, 0.25) is 23.6 Å². The Morgan fingerprint density at radius 1 is 0.931 bits per heavy atom. The third-order valence-electron chi connectivity index (χ3n) is 10.8. The molecule has 3 heterocycles. The molecule has 15 heteroatoms. The van der Waals surface area contributed by atoms with E-state index in [-0.39, 0.29) is 49.1 Å². The van der Waals surface area contributed by atoms with Gasteiger partial charge >= 0.3 is 0 Å². The summed E-state index contributed by atoms with van der Waals surface area (Å²) in [6.45, 7) is 14.7. The van der Waals surface area contributed by atoms with Gasteiger partial charge in [0.15, 0.2) is 0 Å². The van der Waals surface area contributed by atoms with Crippen molar-refractivity contribution in [2.75, 3.05) is 44.2 Å². The summed E-state index contributed by atoms with van der Waals surface area (Å²) < 4.78 is 0. The minimum absolute atomic E-state index is 0.00483. The van der Waals surface area contributed by atoms with Crippen molar-refractivity contribution in [1.82, 2.24) is 36.3 Å². The van der Waals surface area contributed by atoms with Crippen molar-refractivity contribution in [2.45, 2.75) is 104 Å². The molecule has 3 aromatic rings. The van der Waals surface area contributed by atoms with Crippen LogP contribution in [0.3, 0.4) is 0 Å². The zero-order valence-corrected chi connectivity index (χ0v) is 35.5. The first kappa shape index (κ1) is 44.2. The van der Waals surface area contributed by atoms with E-state index in [2.05, 4.69) is 31.4 Å². The van der Waals surface area contributed by atoms with Crippen LogP contribution in [0.1, 0.15) is 101 Å². The topological polar surface area (TPSA) is 176 Å². The summed E-state index contributed by atoms with van der Waals surface area (Å²) in [4.78, 5) is 77.1. The monoisotopic (exact) mass is 816 g/mol. The average molecular weight is 817 g/mol. The maximum atomic E-state index is 14.1. The number of rotatable bonds is 16. The molecule has 5 rings (SSSR count). The van der Waals surface area contributed by atoms with Gasteiger partial charge in [-0.05, 0) is 73.9 Å². The molecule has 0 aliphatic carbocycles. The van der Waals surface area contributed by atoms with Gasteiger partial charge < -0.3 is 30.4 Å². The van der Waals surface area contributed by atoms with E-state index >= 15 is 0 Å². The lowest BCUT2D eigenvalue weighted by molar-refractivity contribution is -0.144. The summed E-state index contributed by atoms with van der Waals surface area (Å²) in [7, 11) is 0. The van der Waals surface area contributed by atoms with Gasteiger partial charge in [-0.1, -0.05) is 52.0 Å². The summed E-state index contributed by atoms with van der Waals surface area (Å²) in [5, 5.41) is 16.6. The maximum absolute atomic E-state index is 14.1. The molecule has 0 bridgehead atoms. The molecule has 0 radical (unpaired) electrons. The summed E-state index contributed by atoms with van der Waals surface area (Å²) in [6.07, 6.45) is 1.63. The van der Waals surface area contributed by atoms with E-state index in [4.69, 9.17) is 0 Å². The quantitative estimate of drug-likeness (QED) is 0.104. The van der Waals surface area contributed by atoms with Crippen LogP contribution in [0.25, 0.3) is 10.4 Å². The predicted molar refractivity (Wildman–Crippen MR) is 226 cm³/mol. The number of hydrazine groups is 1. The normalized spacial score (nSPS) is 18.1. The van der Waals surface area contributed by atoms with E-state index < -0.39 is 29.5 Å². The van der Waals surface area contributed by atoms with Crippen LogP contribution in [0.5, 0.6) is 0 Å². The van der Waals surface area contributed by atoms with Crippen molar-refractivity contribution in [2.24, 2.45) is 5.41 Å². The summed E-state index contributed by atoms with van der Waals surface area (Å²) in [6, 6.07) is 13.2. The van der Waals surface area contributed by atoms with Gasteiger partial charge in [-0.15, -0.1) is 11.3 Å². The van der Waals surface area contributed by atoms with E-state index in [0.717, 1.165) is 33.8 Å². The fourth-order valence-electron chi connectivity index (χ4n) is 7.35. The smallest absolute Gasteiger partial charge is 0.265 e. The number of piperazine rings is 1. The number of aryl methyl sites for hydroxylation is 1. The Balaban J connectivity index is 1.06. The number of benzene rings is 2. The molecule has 2 saturated heterocycles. The first-order valence-electron chi connectivity index (χ1n) is 20.4. The number of aromatic nitrogens is 1. The minimum Gasteiger partial charge on any atom is -0.391 e. The van der Waals surface area contributed by atoms with E-state index in [1.54, 1.807) is 23.5 Å². The number of hydrogen-bond donors (Lipinski definition) is 5. The molecule has 14 nitrogen and oxygen atoms in total. The molecular weight excluding hydrogens is 757 g/mol. The van der Waals surface area contributed by atoms with Gasteiger partial charge in [0.25, 0.3) is 5.91 Å². The predicted octanol–water partition coefficient (Wildman–Crippen LogP) is 4.34. The largest absolute Gasteiger partial charge is 0.391 e. The third-order valence-corrected chi connectivity index (χ3v) is 11.8. The number of carbonyl (C=O) groups excluding carboxylic acids is 5. The molecule has 5 N–H and O–H groups in total. The van der Waals surface area contributed by atoms with Crippen LogP contribution in [0.4, 0.5) is 5.69 Å². The first-order chi connectivity index (χ1) is 27.7. The highest BCUT2D eigenvalue weighted by atomic mass is 32.1. The molecule has 2 aliphatic rings. The molecule has 5 amide bonds. The van der Waals surface area contributed by atoms with Crippen LogP contribution < -0.4 is 26.4 Å². The zero-order chi connectivity index (χ0) is 42.0. The van der Waals surface area contributed by atoms with Crippen LogP contribution in [0.2, 0.25) is 0 Å². The van der Waals surface area contributed by atoms with Crippen molar-refractivity contribution in [3.05, 3.63) is 70.9 Å². The number of amides is 5. The maximum Gasteiger partial charge on any atom is 0.265 e. The minimum atomic E-state index is -0.921. The second-order valence-corrected chi connectivity index (χ2v) is 17.2. The molecule has 2 aliphatic heterocycles. The Morgan fingerprint density at radius 3 is 2.22 bits per heavy atom. The van der Waals surface area contributed by atoms with Crippen molar-refractivity contribution < 1.29 is 29.1 Å². The van der Waals surface area contributed by atoms with Crippen LogP contribution in [0, 0.1) is 12.3 Å². The summed E-state index contributed by atoms with van der Waals surface area (Å²) in [5.41, 5.74) is 11.2. The Bertz CT molecular complexity index is 1870. The molecule has 1 aromatic heterocycles. The summed E-state index contributed by atoms with van der Waals surface area (Å²) >= 11 is 1.58. The Hall–Kier alpha value is -4.86. The molecule has 58 heavy (non-hydrogen) atoms. The molecule has 0 unspecified atom stereocenters. The number of aliphatic hydroxyl groups excluding tert-OH is 1. The van der Waals surface area contributed by atoms with Crippen LogP contribution in [-0.4, -0.2) is 107 Å². The Labute approximate surface area is 346 Å². The molecular formula is C43H60N8O6S. The fraction of sp³-hybridized carbons (Fsp3) is 0.535. The number of thiazole rings is 1. The van der Waals surface area contributed by atoms with Gasteiger partial charge in [-0.25, -0.2) is 10.4 Å². The van der Waals surface area contributed by atoms with Crippen molar-refractivity contribution in [1.29, 1.82) is 0 Å². The van der Waals surface area contributed by atoms with Gasteiger partial charge in [-0.3, -0.25) is 29.4 Å². The van der Waals surface area contributed by atoms with E-state index in [1.807, 2.05) is 88.4 Å². The number of nitrogens with zero attached hydrogens (tertiary/aromatic N) is 4. The van der Waals surface area contributed by atoms with Crippen LogP contribution >= 0.6 is 11.3 Å². The Kier molecular flexibility index (Phi) is 15.4. The first-order valence-corrected chi connectivity index (χ1v) is 21.3. The number of anilines is 1. The van der Waals surface area contributed by atoms with E-state index in [9.17, 15) is 29.1 Å². The highest BCUT2D eigenvalue weighted by Gasteiger charge is 2.44. The number of β-amino-alcohol motifs (C(OH)–C–C–N with tert-alkyl or cyclic N) is 1. The third kappa shape index (κ3) is 11.6. The van der Waals surface area contributed by atoms with Crippen molar-refractivity contribution >= 4 is 46.6 Å². The van der Waals surface area contributed by atoms with E-state index in [1.165, 1.54) is 4.90 Å².